The van der Waals surface area contributed by atoms with E-state index < -0.39 is 10.0 Å². The van der Waals surface area contributed by atoms with Crippen LogP contribution in [0.2, 0.25) is 5.02 Å². The van der Waals surface area contributed by atoms with Gasteiger partial charge in [0.2, 0.25) is 10.0 Å². The molecule has 0 fully saturated rings. The molecular formula is C16H27ClN4O2S. The lowest BCUT2D eigenvalue weighted by Gasteiger charge is -2.23. The largest absolute Gasteiger partial charge is 0.356 e. The molecule has 1 aromatic rings. The first kappa shape index (κ1) is 20.7. The first-order valence-electron chi connectivity index (χ1n) is 7.90. The van der Waals surface area contributed by atoms with E-state index in [1.165, 1.54) is 4.31 Å². The van der Waals surface area contributed by atoms with Crippen molar-refractivity contribution in [1.29, 1.82) is 0 Å². The molecule has 0 spiro atoms. The first-order chi connectivity index (χ1) is 11.3. The molecule has 0 saturated heterocycles. The Kier molecular flexibility index (Phi) is 8.52. The molecule has 24 heavy (non-hydrogen) atoms. The van der Waals surface area contributed by atoms with Crippen LogP contribution in [-0.2, 0) is 16.6 Å². The van der Waals surface area contributed by atoms with Gasteiger partial charge in [0.15, 0.2) is 5.96 Å². The van der Waals surface area contributed by atoms with Gasteiger partial charge in [0.05, 0.1) is 5.75 Å². The maximum Gasteiger partial charge on any atom is 0.213 e. The predicted octanol–water partition coefficient (Wildman–Crippen LogP) is 2.02. The number of aliphatic imine (C=N–C) groups is 1. The molecule has 0 aromatic heterocycles. The Morgan fingerprint density at radius 3 is 2.62 bits per heavy atom. The number of hydrogen-bond acceptors (Lipinski definition) is 3. The molecule has 0 bridgehead atoms. The van der Waals surface area contributed by atoms with Crippen LogP contribution in [0.15, 0.2) is 29.3 Å². The van der Waals surface area contributed by atoms with Crippen molar-refractivity contribution in [3.8, 4) is 0 Å². The fourth-order valence-corrected chi connectivity index (χ4v) is 3.29. The molecule has 0 aliphatic heterocycles. The van der Waals surface area contributed by atoms with Gasteiger partial charge in [-0.3, -0.25) is 4.99 Å². The van der Waals surface area contributed by atoms with E-state index in [9.17, 15) is 8.42 Å². The van der Waals surface area contributed by atoms with Crippen molar-refractivity contribution in [2.75, 3.05) is 40.0 Å². The standard InChI is InChI=1S/C16H27ClN4O2S/c1-5-24(22,23)21(4)11-7-10-19-16(18-2)20(3)13-14-8-6-9-15(17)12-14/h6,8-9,12H,5,7,10-11,13H2,1-4H3,(H,18,19). The summed E-state index contributed by atoms with van der Waals surface area (Å²) < 4.78 is 24.8. The molecule has 1 aromatic carbocycles. The van der Waals surface area contributed by atoms with E-state index in [1.807, 2.05) is 36.2 Å². The summed E-state index contributed by atoms with van der Waals surface area (Å²) in [5.74, 6) is 0.886. The zero-order valence-corrected chi connectivity index (χ0v) is 16.4. The van der Waals surface area contributed by atoms with Crippen molar-refractivity contribution >= 4 is 27.6 Å². The molecule has 0 aliphatic rings. The predicted molar refractivity (Wildman–Crippen MR) is 101 cm³/mol. The summed E-state index contributed by atoms with van der Waals surface area (Å²) in [5, 5.41) is 3.96. The third-order valence-electron chi connectivity index (χ3n) is 3.65. The lowest BCUT2D eigenvalue weighted by molar-refractivity contribution is 0.450. The van der Waals surface area contributed by atoms with Gasteiger partial charge in [-0.15, -0.1) is 0 Å². The highest BCUT2D eigenvalue weighted by atomic mass is 35.5. The van der Waals surface area contributed by atoms with E-state index >= 15 is 0 Å². The van der Waals surface area contributed by atoms with Gasteiger partial charge in [-0.1, -0.05) is 23.7 Å². The van der Waals surface area contributed by atoms with Crippen LogP contribution in [0.5, 0.6) is 0 Å². The van der Waals surface area contributed by atoms with Gasteiger partial charge in [-0.05, 0) is 31.0 Å². The number of benzene rings is 1. The van der Waals surface area contributed by atoms with Crippen molar-refractivity contribution in [3.63, 3.8) is 0 Å². The molecule has 136 valence electrons. The molecule has 0 radical (unpaired) electrons. The van der Waals surface area contributed by atoms with Gasteiger partial charge < -0.3 is 10.2 Å². The Hall–Kier alpha value is -1.31. The van der Waals surface area contributed by atoms with Crippen molar-refractivity contribution in [2.45, 2.75) is 19.9 Å². The second-order valence-corrected chi connectivity index (χ2v) is 8.34. The van der Waals surface area contributed by atoms with Crippen LogP contribution >= 0.6 is 11.6 Å². The van der Waals surface area contributed by atoms with E-state index in [-0.39, 0.29) is 5.75 Å². The van der Waals surface area contributed by atoms with E-state index in [0.29, 0.717) is 31.1 Å². The van der Waals surface area contributed by atoms with Crippen LogP contribution in [0, 0.1) is 0 Å². The van der Waals surface area contributed by atoms with E-state index in [2.05, 4.69) is 10.3 Å². The Morgan fingerprint density at radius 1 is 1.33 bits per heavy atom. The second kappa shape index (κ2) is 9.86. The average Bonchev–Trinajstić information content (AvgIpc) is 2.54. The molecule has 0 aliphatic carbocycles. The lowest BCUT2D eigenvalue weighted by atomic mass is 10.2. The minimum Gasteiger partial charge on any atom is -0.356 e. The molecular weight excluding hydrogens is 348 g/mol. The highest BCUT2D eigenvalue weighted by molar-refractivity contribution is 7.89. The van der Waals surface area contributed by atoms with E-state index in [1.54, 1.807) is 21.0 Å². The van der Waals surface area contributed by atoms with E-state index in [4.69, 9.17) is 11.6 Å². The topological polar surface area (TPSA) is 65.0 Å². The maximum atomic E-state index is 11.7. The third kappa shape index (κ3) is 6.67. The van der Waals surface area contributed by atoms with Crippen molar-refractivity contribution in [1.82, 2.24) is 14.5 Å². The average molecular weight is 375 g/mol. The van der Waals surface area contributed by atoms with Crippen LogP contribution < -0.4 is 5.32 Å². The van der Waals surface area contributed by atoms with Gasteiger partial charge in [-0.2, -0.15) is 0 Å². The highest BCUT2D eigenvalue weighted by Gasteiger charge is 2.14. The van der Waals surface area contributed by atoms with Crippen LogP contribution in [0.25, 0.3) is 0 Å². The number of nitrogens with one attached hydrogen (secondary N) is 1. The summed E-state index contributed by atoms with van der Waals surface area (Å²) in [5.41, 5.74) is 1.10. The van der Waals surface area contributed by atoms with Gasteiger partial charge in [-0.25, -0.2) is 12.7 Å². The van der Waals surface area contributed by atoms with Crippen LogP contribution in [-0.4, -0.2) is 63.6 Å². The van der Waals surface area contributed by atoms with Gasteiger partial charge >= 0.3 is 0 Å². The number of halogens is 1. The molecule has 0 unspecified atom stereocenters. The molecule has 0 atom stereocenters. The molecule has 0 amide bonds. The summed E-state index contributed by atoms with van der Waals surface area (Å²) in [6.45, 7) is 3.47. The Balaban J connectivity index is 2.45. The zero-order valence-electron chi connectivity index (χ0n) is 14.8. The van der Waals surface area contributed by atoms with Gasteiger partial charge in [0.25, 0.3) is 0 Å². The molecule has 6 nitrogen and oxygen atoms in total. The van der Waals surface area contributed by atoms with Crippen molar-refractivity contribution in [2.24, 2.45) is 4.99 Å². The van der Waals surface area contributed by atoms with Gasteiger partial charge in [0.1, 0.15) is 0 Å². The summed E-state index contributed by atoms with van der Waals surface area (Å²) >= 11 is 6.00. The molecule has 1 rings (SSSR count). The molecule has 8 heteroatoms. The quantitative estimate of drug-likeness (QED) is 0.429. The first-order valence-corrected chi connectivity index (χ1v) is 9.89. The summed E-state index contributed by atoms with van der Waals surface area (Å²) in [6.07, 6.45) is 0.708. The van der Waals surface area contributed by atoms with Crippen molar-refractivity contribution in [3.05, 3.63) is 34.9 Å². The fraction of sp³-hybridized carbons (Fsp3) is 0.562. The number of sulfonamides is 1. The number of nitrogens with zero attached hydrogens (tertiary/aromatic N) is 3. The third-order valence-corrected chi connectivity index (χ3v) is 5.75. The van der Waals surface area contributed by atoms with Crippen LogP contribution in [0.3, 0.4) is 0 Å². The maximum absolute atomic E-state index is 11.7. The Bertz CT molecular complexity index is 649. The van der Waals surface area contributed by atoms with Crippen molar-refractivity contribution < 1.29 is 8.42 Å². The fourth-order valence-electron chi connectivity index (χ4n) is 2.23. The number of rotatable bonds is 8. The summed E-state index contributed by atoms with van der Waals surface area (Å²) in [7, 11) is 2.17. The second-order valence-electron chi connectivity index (χ2n) is 5.54. The Morgan fingerprint density at radius 2 is 2.04 bits per heavy atom. The zero-order chi connectivity index (χ0) is 18.2. The minimum absolute atomic E-state index is 0.126. The SMILES string of the molecule is CCS(=O)(=O)N(C)CCCNC(=NC)N(C)Cc1cccc(Cl)c1. The smallest absolute Gasteiger partial charge is 0.213 e. The molecule has 0 heterocycles. The summed E-state index contributed by atoms with van der Waals surface area (Å²) in [4.78, 5) is 6.25. The summed E-state index contributed by atoms with van der Waals surface area (Å²) in [6, 6.07) is 7.71. The van der Waals surface area contributed by atoms with Crippen LogP contribution in [0.4, 0.5) is 0 Å². The molecule has 0 saturated carbocycles. The van der Waals surface area contributed by atoms with Crippen LogP contribution in [0.1, 0.15) is 18.9 Å². The lowest BCUT2D eigenvalue weighted by Crippen LogP contribution is -2.40. The highest BCUT2D eigenvalue weighted by Crippen LogP contribution is 2.12. The van der Waals surface area contributed by atoms with E-state index in [0.717, 1.165) is 11.5 Å². The van der Waals surface area contributed by atoms with Gasteiger partial charge in [0, 0.05) is 45.8 Å². The minimum atomic E-state index is -3.11. The molecule has 1 N–H and O–H groups in total. The number of guanidine groups is 1. The monoisotopic (exact) mass is 374 g/mol. The number of hydrogen-bond donors (Lipinski definition) is 1. The normalized spacial score (nSPS) is 12.5. The Labute approximate surface area is 150 Å².